The van der Waals surface area contributed by atoms with Crippen molar-refractivity contribution in [3.63, 3.8) is 0 Å². The second-order valence-corrected chi connectivity index (χ2v) is 6.71. The third-order valence-electron chi connectivity index (χ3n) is 4.86. The molecule has 0 unspecified atom stereocenters. The van der Waals surface area contributed by atoms with Crippen molar-refractivity contribution in [2.24, 2.45) is 0 Å². The average molecular weight is 384 g/mol. The maximum Gasteiger partial charge on any atom is 0.229 e. The number of hydrogen-bond donors (Lipinski definition) is 1. The normalized spacial score (nSPS) is 13.6. The van der Waals surface area contributed by atoms with E-state index < -0.39 is 0 Å². The molecule has 29 heavy (non-hydrogen) atoms. The summed E-state index contributed by atoms with van der Waals surface area (Å²) >= 11 is 0. The number of rotatable bonds is 5. The lowest BCUT2D eigenvalue weighted by Gasteiger charge is -2.33. The predicted octanol–water partition coefficient (Wildman–Crippen LogP) is 3.04. The molecule has 4 rings (SSSR count). The van der Waals surface area contributed by atoms with Crippen LogP contribution >= 0.6 is 0 Å². The maximum absolute atomic E-state index is 11.0. The van der Waals surface area contributed by atoms with Crippen molar-refractivity contribution in [2.75, 3.05) is 36.4 Å². The Balaban J connectivity index is 1.71. The predicted molar refractivity (Wildman–Crippen MR) is 112 cm³/mol. The minimum atomic E-state index is 0.432. The van der Waals surface area contributed by atoms with Crippen LogP contribution in [0.4, 0.5) is 17.5 Å². The van der Waals surface area contributed by atoms with Gasteiger partial charge in [0, 0.05) is 37.8 Å². The van der Waals surface area contributed by atoms with Crippen LogP contribution in [0, 0.1) is 11.3 Å². The van der Waals surface area contributed by atoms with Gasteiger partial charge in [0.25, 0.3) is 0 Å². The van der Waals surface area contributed by atoms with Crippen molar-refractivity contribution in [2.45, 2.75) is 0 Å². The lowest BCUT2D eigenvalue weighted by Crippen LogP contribution is -2.46. The standard InChI is InChI=1S/C22H20N6O/c23-15-18-8-4-5-9-19(18)24-22-25-20(17-6-2-1-3-7-17)14-21(26-22)28-12-10-27(16-29)11-13-28/h1-9,14,16H,10-13H2,(H,24,25,26). The number of benzene rings is 2. The fourth-order valence-corrected chi connectivity index (χ4v) is 3.28. The van der Waals surface area contributed by atoms with Gasteiger partial charge in [-0.15, -0.1) is 0 Å². The lowest BCUT2D eigenvalue weighted by molar-refractivity contribution is -0.118. The summed E-state index contributed by atoms with van der Waals surface area (Å²) in [5.41, 5.74) is 2.98. The van der Waals surface area contributed by atoms with Gasteiger partial charge in [-0.3, -0.25) is 4.79 Å². The van der Waals surface area contributed by atoms with Crippen molar-refractivity contribution < 1.29 is 4.79 Å². The molecule has 3 aromatic rings. The van der Waals surface area contributed by atoms with E-state index in [4.69, 9.17) is 4.98 Å². The molecule has 0 saturated carbocycles. The number of nitriles is 1. The molecule has 1 amide bonds. The van der Waals surface area contributed by atoms with E-state index in [9.17, 15) is 10.1 Å². The van der Waals surface area contributed by atoms with Crippen LogP contribution in [0.15, 0.2) is 60.7 Å². The summed E-state index contributed by atoms with van der Waals surface area (Å²) in [7, 11) is 0. The van der Waals surface area contributed by atoms with Gasteiger partial charge in [0.2, 0.25) is 12.4 Å². The monoisotopic (exact) mass is 384 g/mol. The van der Waals surface area contributed by atoms with Crippen LogP contribution in [-0.4, -0.2) is 47.5 Å². The summed E-state index contributed by atoms with van der Waals surface area (Å²) in [6.07, 6.45) is 0.887. The van der Waals surface area contributed by atoms with Gasteiger partial charge < -0.3 is 15.1 Å². The molecule has 1 N–H and O–H groups in total. The SMILES string of the molecule is N#Cc1ccccc1Nc1nc(-c2ccccc2)cc(N2CCN(C=O)CC2)n1. The summed E-state index contributed by atoms with van der Waals surface area (Å²) in [4.78, 5) is 24.3. The van der Waals surface area contributed by atoms with Crippen LogP contribution in [0.1, 0.15) is 5.56 Å². The first-order valence-corrected chi connectivity index (χ1v) is 9.42. The van der Waals surface area contributed by atoms with Crippen molar-refractivity contribution in [3.05, 3.63) is 66.2 Å². The van der Waals surface area contributed by atoms with Crippen LogP contribution < -0.4 is 10.2 Å². The summed E-state index contributed by atoms with van der Waals surface area (Å²) in [6.45, 7) is 2.73. The number of hydrogen-bond acceptors (Lipinski definition) is 6. The van der Waals surface area contributed by atoms with E-state index in [1.807, 2.05) is 54.6 Å². The summed E-state index contributed by atoms with van der Waals surface area (Å²) < 4.78 is 0. The zero-order valence-corrected chi connectivity index (χ0v) is 15.8. The van der Waals surface area contributed by atoms with Crippen LogP contribution in [0.2, 0.25) is 0 Å². The molecule has 0 bridgehead atoms. The maximum atomic E-state index is 11.0. The molecule has 1 saturated heterocycles. The molecule has 2 aromatic carbocycles. The molecule has 1 aliphatic heterocycles. The fraction of sp³-hybridized carbons (Fsp3) is 0.182. The van der Waals surface area contributed by atoms with Crippen LogP contribution in [-0.2, 0) is 4.79 Å². The molecule has 1 aromatic heterocycles. The Morgan fingerprint density at radius 3 is 2.41 bits per heavy atom. The van der Waals surface area contributed by atoms with Crippen LogP contribution in [0.25, 0.3) is 11.3 Å². The Morgan fingerprint density at radius 1 is 0.966 bits per heavy atom. The minimum Gasteiger partial charge on any atom is -0.353 e. The number of carbonyl (C=O) groups is 1. The fourth-order valence-electron chi connectivity index (χ4n) is 3.28. The van der Waals surface area contributed by atoms with Gasteiger partial charge in [0.1, 0.15) is 11.9 Å². The number of carbonyl (C=O) groups excluding carboxylic acids is 1. The van der Waals surface area contributed by atoms with E-state index in [-0.39, 0.29) is 0 Å². The summed E-state index contributed by atoms with van der Waals surface area (Å²) in [5, 5.41) is 12.6. The Kier molecular flexibility index (Phi) is 5.34. The Morgan fingerprint density at radius 2 is 1.69 bits per heavy atom. The number of nitrogens with one attached hydrogen (secondary N) is 1. The van der Waals surface area contributed by atoms with Gasteiger partial charge in [-0.2, -0.15) is 10.2 Å². The second-order valence-electron chi connectivity index (χ2n) is 6.71. The third kappa shape index (κ3) is 4.17. The van der Waals surface area contributed by atoms with Crippen molar-refractivity contribution in [1.29, 1.82) is 5.26 Å². The van der Waals surface area contributed by atoms with Crippen molar-refractivity contribution in [1.82, 2.24) is 14.9 Å². The smallest absolute Gasteiger partial charge is 0.229 e. The van der Waals surface area contributed by atoms with Gasteiger partial charge in [-0.1, -0.05) is 42.5 Å². The van der Waals surface area contributed by atoms with E-state index in [2.05, 4.69) is 21.3 Å². The highest BCUT2D eigenvalue weighted by molar-refractivity contribution is 5.68. The molecule has 7 heteroatoms. The molecule has 1 aliphatic rings. The topological polar surface area (TPSA) is 85.2 Å². The molecular formula is C22H20N6O. The van der Waals surface area contributed by atoms with E-state index in [1.54, 1.807) is 11.0 Å². The Bertz CT molecular complexity index is 1040. The largest absolute Gasteiger partial charge is 0.353 e. The van der Waals surface area contributed by atoms with Gasteiger partial charge in [-0.25, -0.2) is 4.98 Å². The van der Waals surface area contributed by atoms with Crippen molar-refractivity contribution in [3.8, 4) is 17.3 Å². The van der Waals surface area contributed by atoms with Crippen LogP contribution in [0.3, 0.4) is 0 Å². The molecule has 0 atom stereocenters. The quantitative estimate of drug-likeness (QED) is 0.681. The average Bonchev–Trinajstić information content (AvgIpc) is 2.80. The highest BCUT2D eigenvalue weighted by Crippen LogP contribution is 2.26. The molecule has 144 valence electrons. The second kappa shape index (κ2) is 8.40. The molecule has 0 aliphatic carbocycles. The van der Waals surface area contributed by atoms with Gasteiger partial charge in [0.15, 0.2) is 0 Å². The van der Waals surface area contributed by atoms with Crippen LogP contribution in [0.5, 0.6) is 0 Å². The first kappa shape index (κ1) is 18.4. The molecule has 7 nitrogen and oxygen atoms in total. The third-order valence-corrected chi connectivity index (χ3v) is 4.86. The number of amides is 1. The van der Waals surface area contributed by atoms with Gasteiger partial charge in [-0.05, 0) is 12.1 Å². The number of nitrogens with zero attached hydrogens (tertiary/aromatic N) is 5. The first-order valence-electron chi connectivity index (χ1n) is 9.42. The molecule has 0 radical (unpaired) electrons. The Hall–Kier alpha value is -3.92. The van der Waals surface area contributed by atoms with E-state index in [0.29, 0.717) is 43.4 Å². The molecular weight excluding hydrogens is 364 g/mol. The highest BCUT2D eigenvalue weighted by atomic mass is 16.1. The number of aromatic nitrogens is 2. The van der Waals surface area contributed by atoms with E-state index in [0.717, 1.165) is 23.5 Å². The molecule has 2 heterocycles. The molecule has 1 fully saturated rings. The first-order chi connectivity index (χ1) is 14.3. The number of piperazine rings is 1. The minimum absolute atomic E-state index is 0.432. The zero-order chi connectivity index (χ0) is 20.1. The lowest BCUT2D eigenvalue weighted by atomic mass is 10.1. The van der Waals surface area contributed by atoms with E-state index >= 15 is 0 Å². The van der Waals surface area contributed by atoms with Gasteiger partial charge in [0.05, 0.1) is 16.9 Å². The summed E-state index contributed by atoms with van der Waals surface area (Å²) in [5.74, 6) is 1.23. The summed E-state index contributed by atoms with van der Waals surface area (Å²) in [6, 6.07) is 21.3. The van der Waals surface area contributed by atoms with Crippen molar-refractivity contribution >= 4 is 23.9 Å². The number of para-hydroxylation sites is 1. The van der Waals surface area contributed by atoms with E-state index in [1.165, 1.54) is 0 Å². The highest BCUT2D eigenvalue weighted by Gasteiger charge is 2.19. The Labute approximate surface area is 169 Å². The number of anilines is 3. The zero-order valence-electron chi connectivity index (χ0n) is 15.8. The molecule has 0 spiro atoms. The van der Waals surface area contributed by atoms with Gasteiger partial charge >= 0.3 is 0 Å².